The third-order valence-electron chi connectivity index (χ3n) is 3.05. The van der Waals surface area contributed by atoms with E-state index in [9.17, 15) is 9.59 Å². The van der Waals surface area contributed by atoms with Crippen molar-refractivity contribution in [3.05, 3.63) is 0 Å². The summed E-state index contributed by atoms with van der Waals surface area (Å²) in [5, 5.41) is 2.86. The van der Waals surface area contributed by atoms with E-state index in [4.69, 9.17) is 4.74 Å². The van der Waals surface area contributed by atoms with Crippen LogP contribution in [0.3, 0.4) is 0 Å². The fraction of sp³-hybridized carbons (Fsp3) is 0.833. The smallest absolute Gasteiger partial charge is 0.307 e. The van der Waals surface area contributed by atoms with Gasteiger partial charge >= 0.3 is 5.97 Å². The Labute approximate surface area is 102 Å². The minimum absolute atomic E-state index is 0.107. The Bertz CT molecular complexity index is 268. The van der Waals surface area contributed by atoms with E-state index in [1.54, 1.807) is 6.92 Å². The zero-order valence-corrected chi connectivity index (χ0v) is 10.7. The number of nitrogens with one attached hydrogen (secondary N) is 1. The normalized spacial score (nSPS) is 20.9. The molecule has 1 aliphatic rings. The monoisotopic (exact) mass is 242 g/mol. The summed E-state index contributed by atoms with van der Waals surface area (Å²) in [6.45, 7) is 3.64. The molecule has 0 spiro atoms. The Morgan fingerprint density at radius 1 is 1.59 bits per heavy atom. The standard InChI is InChI=1S/C12H22N2O3/c1-3-17-12(16)6-8-14(2)10-5-4-7-13-11(15)9-10/h10H,3-9H2,1-2H3,(H,13,15). The average molecular weight is 242 g/mol. The van der Waals surface area contributed by atoms with E-state index < -0.39 is 0 Å². The molecule has 1 rings (SSSR count). The summed E-state index contributed by atoms with van der Waals surface area (Å²) in [6, 6.07) is 0.243. The predicted octanol–water partition coefficient (Wildman–Crippen LogP) is 0.540. The van der Waals surface area contributed by atoms with Gasteiger partial charge in [0.15, 0.2) is 0 Å². The van der Waals surface area contributed by atoms with Crippen molar-refractivity contribution >= 4 is 11.9 Å². The number of carbonyl (C=O) groups excluding carboxylic acids is 2. The van der Waals surface area contributed by atoms with Crippen molar-refractivity contribution in [1.29, 1.82) is 0 Å². The van der Waals surface area contributed by atoms with Gasteiger partial charge in [0.1, 0.15) is 0 Å². The average Bonchev–Trinajstić information content (AvgIpc) is 2.51. The van der Waals surface area contributed by atoms with Crippen molar-refractivity contribution in [2.45, 2.75) is 38.6 Å². The fourth-order valence-corrected chi connectivity index (χ4v) is 2.01. The maximum Gasteiger partial charge on any atom is 0.307 e. The lowest BCUT2D eigenvalue weighted by atomic mass is 10.1. The highest BCUT2D eigenvalue weighted by molar-refractivity contribution is 5.76. The topological polar surface area (TPSA) is 58.6 Å². The number of rotatable bonds is 5. The zero-order valence-electron chi connectivity index (χ0n) is 10.7. The van der Waals surface area contributed by atoms with Gasteiger partial charge in [-0.15, -0.1) is 0 Å². The Balaban J connectivity index is 2.32. The van der Waals surface area contributed by atoms with Crippen molar-refractivity contribution in [3.63, 3.8) is 0 Å². The molecule has 1 atom stereocenters. The lowest BCUT2D eigenvalue weighted by Crippen LogP contribution is -2.35. The van der Waals surface area contributed by atoms with Crippen molar-refractivity contribution in [2.75, 3.05) is 26.7 Å². The van der Waals surface area contributed by atoms with Crippen LogP contribution >= 0.6 is 0 Å². The molecule has 0 bridgehead atoms. The number of carbonyl (C=O) groups is 2. The molecular formula is C12H22N2O3. The highest BCUT2D eigenvalue weighted by Crippen LogP contribution is 2.12. The molecule has 1 N–H and O–H groups in total. The largest absolute Gasteiger partial charge is 0.466 e. The SMILES string of the molecule is CCOC(=O)CCN(C)C1CCCNC(=O)C1. The van der Waals surface area contributed by atoms with Gasteiger partial charge in [-0.3, -0.25) is 9.59 Å². The van der Waals surface area contributed by atoms with Gasteiger partial charge in [0.25, 0.3) is 0 Å². The molecule has 17 heavy (non-hydrogen) atoms. The summed E-state index contributed by atoms with van der Waals surface area (Å²) in [7, 11) is 1.96. The first-order chi connectivity index (χ1) is 8.13. The molecule has 0 radical (unpaired) electrons. The highest BCUT2D eigenvalue weighted by Gasteiger charge is 2.21. The second-order valence-corrected chi connectivity index (χ2v) is 4.39. The molecule has 1 aliphatic heterocycles. The van der Waals surface area contributed by atoms with Crippen molar-refractivity contribution < 1.29 is 14.3 Å². The quantitative estimate of drug-likeness (QED) is 0.715. The van der Waals surface area contributed by atoms with Crippen LogP contribution in [0.25, 0.3) is 0 Å². The summed E-state index contributed by atoms with van der Waals surface area (Å²) in [6.07, 6.45) is 2.92. The summed E-state index contributed by atoms with van der Waals surface area (Å²) in [5.41, 5.74) is 0. The molecule has 1 fully saturated rings. The summed E-state index contributed by atoms with van der Waals surface area (Å²) >= 11 is 0. The lowest BCUT2D eigenvalue weighted by Gasteiger charge is -2.25. The second kappa shape index (κ2) is 7.27. The molecular weight excluding hydrogens is 220 g/mol. The van der Waals surface area contributed by atoms with Crippen LogP contribution in [0, 0.1) is 0 Å². The Morgan fingerprint density at radius 3 is 3.06 bits per heavy atom. The molecule has 1 amide bonds. The third kappa shape index (κ3) is 5.17. The van der Waals surface area contributed by atoms with Crippen LogP contribution in [0.15, 0.2) is 0 Å². The van der Waals surface area contributed by atoms with Crippen molar-refractivity contribution in [2.24, 2.45) is 0 Å². The van der Waals surface area contributed by atoms with Gasteiger partial charge in [0.2, 0.25) is 5.91 Å². The minimum Gasteiger partial charge on any atom is -0.466 e. The van der Waals surface area contributed by atoms with Crippen LogP contribution in [-0.4, -0.2) is 49.6 Å². The van der Waals surface area contributed by atoms with E-state index in [1.165, 1.54) is 0 Å². The molecule has 98 valence electrons. The first-order valence-electron chi connectivity index (χ1n) is 6.26. The highest BCUT2D eigenvalue weighted by atomic mass is 16.5. The van der Waals surface area contributed by atoms with Crippen LogP contribution in [0.4, 0.5) is 0 Å². The molecule has 0 aromatic carbocycles. The number of ether oxygens (including phenoxy) is 1. The summed E-state index contributed by atoms with van der Waals surface area (Å²) in [4.78, 5) is 24.7. The van der Waals surface area contributed by atoms with E-state index in [2.05, 4.69) is 10.2 Å². The van der Waals surface area contributed by atoms with E-state index in [0.717, 1.165) is 19.4 Å². The molecule has 5 heteroatoms. The van der Waals surface area contributed by atoms with Gasteiger partial charge in [-0.2, -0.15) is 0 Å². The number of hydrogen-bond acceptors (Lipinski definition) is 4. The molecule has 1 saturated heterocycles. The van der Waals surface area contributed by atoms with Crippen LogP contribution in [0.2, 0.25) is 0 Å². The van der Waals surface area contributed by atoms with Gasteiger partial charge in [-0.05, 0) is 26.8 Å². The Morgan fingerprint density at radius 2 is 2.35 bits per heavy atom. The van der Waals surface area contributed by atoms with Crippen LogP contribution in [0.5, 0.6) is 0 Å². The Hall–Kier alpha value is -1.10. The molecule has 0 aromatic rings. The number of nitrogens with zero attached hydrogens (tertiary/aromatic N) is 1. The molecule has 0 aliphatic carbocycles. The van der Waals surface area contributed by atoms with Crippen molar-refractivity contribution in [3.8, 4) is 0 Å². The van der Waals surface area contributed by atoms with E-state index in [0.29, 0.717) is 26.0 Å². The van der Waals surface area contributed by atoms with Crippen LogP contribution < -0.4 is 5.32 Å². The maximum absolute atomic E-state index is 11.4. The van der Waals surface area contributed by atoms with Gasteiger partial charge in [-0.1, -0.05) is 0 Å². The van der Waals surface area contributed by atoms with Crippen LogP contribution in [0.1, 0.15) is 32.6 Å². The molecule has 0 aromatic heterocycles. The first-order valence-corrected chi connectivity index (χ1v) is 6.26. The molecule has 0 saturated carbocycles. The van der Waals surface area contributed by atoms with Gasteiger partial charge < -0.3 is 15.0 Å². The van der Waals surface area contributed by atoms with E-state index in [1.807, 2.05) is 7.05 Å². The molecule has 1 heterocycles. The zero-order chi connectivity index (χ0) is 12.7. The Kier molecular flexibility index (Phi) is 5.97. The summed E-state index contributed by atoms with van der Waals surface area (Å²) < 4.78 is 4.88. The van der Waals surface area contributed by atoms with E-state index in [-0.39, 0.29) is 17.9 Å². The van der Waals surface area contributed by atoms with Crippen molar-refractivity contribution in [1.82, 2.24) is 10.2 Å². The van der Waals surface area contributed by atoms with Gasteiger partial charge in [0, 0.05) is 25.6 Å². The first kappa shape index (κ1) is 14.0. The lowest BCUT2D eigenvalue weighted by molar-refractivity contribution is -0.143. The third-order valence-corrected chi connectivity index (χ3v) is 3.05. The van der Waals surface area contributed by atoms with E-state index >= 15 is 0 Å². The summed E-state index contributed by atoms with van der Waals surface area (Å²) in [5.74, 6) is -0.0621. The maximum atomic E-state index is 11.4. The van der Waals surface area contributed by atoms with Crippen LogP contribution in [-0.2, 0) is 14.3 Å². The van der Waals surface area contributed by atoms with Gasteiger partial charge in [0.05, 0.1) is 13.0 Å². The van der Waals surface area contributed by atoms with Gasteiger partial charge in [-0.25, -0.2) is 0 Å². The number of hydrogen-bond donors (Lipinski definition) is 1. The molecule has 5 nitrogen and oxygen atoms in total. The molecule has 1 unspecified atom stereocenters. The predicted molar refractivity (Wildman–Crippen MR) is 64.5 cm³/mol. The number of amides is 1. The second-order valence-electron chi connectivity index (χ2n) is 4.39. The minimum atomic E-state index is -0.169. The number of esters is 1. The fourth-order valence-electron chi connectivity index (χ4n) is 2.01.